The summed E-state index contributed by atoms with van der Waals surface area (Å²) in [5.74, 6) is -0.384. The standard InChI is InChI=1S/C18H18ClN3O3/c1-11-13(14-4-2-3-5-17(14)21-11)8-9-20-18(23)15-10-12(22(24)25)6-7-16(15)19/h2-7,10,21-22,24H,8-9H2,1H3,(H,20,23). The highest BCUT2D eigenvalue weighted by molar-refractivity contribution is 6.33. The van der Waals surface area contributed by atoms with E-state index in [2.05, 4.69) is 10.3 Å². The molecule has 0 bridgehead atoms. The number of para-hydroxylation sites is 1. The highest BCUT2D eigenvalue weighted by atomic mass is 35.5. The minimum atomic E-state index is -1.10. The second-order valence-electron chi connectivity index (χ2n) is 5.78. The predicted octanol–water partition coefficient (Wildman–Crippen LogP) is 2.51. The van der Waals surface area contributed by atoms with Gasteiger partial charge in [-0.2, -0.15) is 5.23 Å². The van der Waals surface area contributed by atoms with E-state index < -0.39 is 5.23 Å². The number of hydrogen-bond acceptors (Lipinski definition) is 3. The lowest BCUT2D eigenvalue weighted by Crippen LogP contribution is -2.99. The summed E-state index contributed by atoms with van der Waals surface area (Å²) in [6.45, 7) is 2.43. The Hall–Kier alpha value is -2.38. The van der Waals surface area contributed by atoms with Crippen LogP contribution in [0.3, 0.4) is 0 Å². The van der Waals surface area contributed by atoms with Crippen LogP contribution in [0.25, 0.3) is 10.9 Å². The van der Waals surface area contributed by atoms with Crippen molar-refractivity contribution in [2.45, 2.75) is 13.3 Å². The van der Waals surface area contributed by atoms with Gasteiger partial charge in [-0.3, -0.25) is 4.79 Å². The highest BCUT2D eigenvalue weighted by Gasteiger charge is 2.14. The first-order chi connectivity index (χ1) is 12.0. The van der Waals surface area contributed by atoms with Crippen molar-refractivity contribution in [1.82, 2.24) is 10.3 Å². The van der Waals surface area contributed by atoms with Crippen molar-refractivity contribution >= 4 is 34.1 Å². The minimum absolute atomic E-state index is 0.0297. The number of rotatable bonds is 5. The lowest BCUT2D eigenvalue weighted by atomic mass is 10.1. The predicted molar refractivity (Wildman–Crippen MR) is 96.3 cm³/mol. The zero-order valence-corrected chi connectivity index (χ0v) is 14.4. The first kappa shape index (κ1) is 17.4. The molecule has 0 saturated carbocycles. The van der Waals surface area contributed by atoms with Gasteiger partial charge in [-0.15, -0.1) is 0 Å². The van der Waals surface area contributed by atoms with Gasteiger partial charge in [0.15, 0.2) is 5.69 Å². The molecule has 1 amide bonds. The van der Waals surface area contributed by atoms with Crippen molar-refractivity contribution < 1.29 is 15.2 Å². The Morgan fingerprint density at radius 2 is 2.08 bits per heavy atom. The summed E-state index contributed by atoms with van der Waals surface area (Å²) in [6, 6.07) is 12.1. The quantitative estimate of drug-likeness (QED) is 0.527. The largest absolute Gasteiger partial charge is 0.595 e. The maximum atomic E-state index is 12.3. The maximum absolute atomic E-state index is 12.3. The summed E-state index contributed by atoms with van der Waals surface area (Å²) in [4.78, 5) is 15.6. The van der Waals surface area contributed by atoms with Gasteiger partial charge in [-0.05, 0) is 31.0 Å². The van der Waals surface area contributed by atoms with Crippen LogP contribution in [-0.2, 0) is 6.42 Å². The van der Waals surface area contributed by atoms with Gasteiger partial charge in [-0.1, -0.05) is 29.8 Å². The van der Waals surface area contributed by atoms with Crippen LogP contribution in [0.2, 0.25) is 5.02 Å². The Morgan fingerprint density at radius 1 is 1.32 bits per heavy atom. The minimum Gasteiger partial charge on any atom is -0.595 e. The number of hydrogen-bond donors (Lipinski definition) is 4. The molecule has 1 unspecified atom stereocenters. The molecule has 3 rings (SSSR count). The molecule has 7 heteroatoms. The zero-order chi connectivity index (χ0) is 18.0. The summed E-state index contributed by atoms with van der Waals surface area (Å²) in [6.07, 6.45) is 0.665. The average molecular weight is 360 g/mol. The van der Waals surface area contributed by atoms with Crippen LogP contribution in [0.1, 0.15) is 21.6 Å². The fourth-order valence-electron chi connectivity index (χ4n) is 2.89. The van der Waals surface area contributed by atoms with Gasteiger partial charge >= 0.3 is 0 Å². The lowest BCUT2D eigenvalue weighted by molar-refractivity contribution is -0.991. The summed E-state index contributed by atoms with van der Waals surface area (Å²) in [5, 5.41) is 23.2. The van der Waals surface area contributed by atoms with Gasteiger partial charge in [0, 0.05) is 35.3 Å². The number of nitrogens with one attached hydrogen (secondary N) is 3. The summed E-state index contributed by atoms with van der Waals surface area (Å²) in [5.41, 5.74) is 3.49. The number of carbonyl (C=O) groups is 1. The second kappa shape index (κ2) is 7.25. The van der Waals surface area contributed by atoms with Gasteiger partial charge < -0.3 is 15.5 Å². The van der Waals surface area contributed by atoms with E-state index in [4.69, 9.17) is 16.8 Å². The molecular weight excluding hydrogens is 342 g/mol. The number of aromatic nitrogens is 1. The van der Waals surface area contributed by atoms with E-state index >= 15 is 0 Å². The van der Waals surface area contributed by atoms with Crippen LogP contribution in [0.5, 0.6) is 0 Å². The Balaban J connectivity index is 1.70. The molecule has 0 aliphatic carbocycles. The van der Waals surface area contributed by atoms with E-state index in [0.29, 0.717) is 13.0 Å². The molecule has 0 saturated heterocycles. The molecule has 130 valence electrons. The van der Waals surface area contributed by atoms with E-state index in [1.165, 1.54) is 18.2 Å². The third kappa shape index (κ3) is 3.67. The number of benzene rings is 2. The van der Waals surface area contributed by atoms with Gasteiger partial charge in [0.2, 0.25) is 0 Å². The lowest BCUT2D eigenvalue weighted by Gasteiger charge is -2.13. The van der Waals surface area contributed by atoms with Crippen LogP contribution in [-0.4, -0.2) is 22.6 Å². The number of H-pyrrole nitrogens is 1. The van der Waals surface area contributed by atoms with E-state index in [0.717, 1.165) is 22.2 Å². The smallest absolute Gasteiger partial charge is 0.253 e. The molecule has 0 radical (unpaired) electrons. The average Bonchev–Trinajstić information content (AvgIpc) is 2.90. The SMILES string of the molecule is Cc1[nH]c2ccccc2c1CCNC(=O)c1cc([NH+]([O-])O)ccc1Cl. The van der Waals surface area contributed by atoms with Crippen LogP contribution in [0.4, 0.5) is 5.69 Å². The summed E-state index contributed by atoms with van der Waals surface area (Å²) >= 11 is 6.02. The number of fused-ring (bicyclic) bond motifs is 1. The van der Waals surface area contributed by atoms with Gasteiger partial charge in [-0.25, -0.2) is 5.21 Å². The number of halogens is 1. The first-order valence-corrected chi connectivity index (χ1v) is 8.22. The zero-order valence-electron chi connectivity index (χ0n) is 13.6. The number of aryl methyl sites for hydroxylation is 1. The number of carbonyl (C=O) groups excluding carboxylic acids is 1. The van der Waals surface area contributed by atoms with Crippen molar-refractivity contribution in [2.75, 3.05) is 6.54 Å². The van der Waals surface area contributed by atoms with Crippen molar-refractivity contribution in [1.29, 1.82) is 0 Å². The molecule has 0 fully saturated rings. The molecule has 2 aromatic carbocycles. The third-order valence-electron chi connectivity index (χ3n) is 4.15. The molecular formula is C18H18ClN3O3. The Kier molecular flexibility index (Phi) is 5.06. The maximum Gasteiger partial charge on any atom is 0.253 e. The molecule has 3 aromatic rings. The molecule has 0 aliphatic rings. The van der Waals surface area contributed by atoms with Gasteiger partial charge in [0.1, 0.15) is 0 Å². The topological polar surface area (TPSA) is 92.6 Å². The molecule has 25 heavy (non-hydrogen) atoms. The second-order valence-corrected chi connectivity index (χ2v) is 6.19. The van der Waals surface area contributed by atoms with Crippen LogP contribution < -0.4 is 10.5 Å². The number of quaternary nitrogens is 1. The molecule has 6 nitrogen and oxygen atoms in total. The molecule has 1 aromatic heterocycles. The van der Waals surface area contributed by atoms with E-state index in [-0.39, 0.29) is 22.2 Å². The molecule has 0 spiro atoms. The van der Waals surface area contributed by atoms with Crippen molar-refractivity contribution in [2.24, 2.45) is 0 Å². The molecule has 0 aliphatic heterocycles. The van der Waals surface area contributed by atoms with Gasteiger partial charge in [0.25, 0.3) is 5.91 Å². The first-order valence-electron chi connectivity index (χ1n) is 7.84. The fourth-order valence-corrected chi connectivity index (χ4v) is 3.09. The Morgan fingerprint density at radius 3 is 2.84 bits per heavy atom. The molecule has 1 heterocycles. The monoisotopic (exact) mass is 359 g/mol. The van der Waals surface area contributed by atoms with E-state index in [1.54, 1.807) is 0 Å². The van der Waals surface area contributed by atoms with Crippen molar-refractivity contribution in [3.8, 4) is 0 Å². The number of amides is 1. The van der Waals surface area contributed by atoms with Gasteiger partial charge in [0.05, 0.1) is 10.6 Å². The van der Waals surface area contributed by atoms with Crippen LogP contribution in [0.15, 0.2) is 42.5 Å². The summed E-state index contributed by atoms with van der Waals surface area (Å²) < 4.78 is 0. The van der Waals surface area contributed by atoms with E-state index in [1.807, 2.05) is 31.2 Å². The summed E-state index contributed by atoms with van der Waals surface area (Å²) in [7, 11) is 0. The van der Waals surface area contributed by atoms with Crippen molar-refractivity contribution in [3.05, 3.63) is 69.5 Å². The molecule has 1 atom stereocenters. The van der Waals surface area contributed by atoms with Crippen LogP contribution in [0, 0.1) is 12.1 Å². The number of aromatic amines is 1. The highest BCUT2D eigenvalue weighted by Crippen LogP contribution is 2.22. The van der Waals surface area contributed by atoms with E-state index in [9.17, 15) is 10.0 Å². The van der Waals surface area contributed by atoms with Crippen molar-refractivity contribution in [3.63, 3.8) is 0 Å². The van der Waals surface area contributed by atoms with Crippen LogP contribution >= 0.6 is 11.6 Å². The molecule has 4 N–H and O–H groups in total. The Bertz CT molecular complexity index is 921. The Labute approximate surface area is 149 Å². The fraction of sp³-hybridized carbons (Fsp3) is 0.167. The normalized spacial score (nSPS) is 12.3. The third-order valence-corrected chi connectivity index (χ3v) is 4.48.